The van der Waals surface area contributed by atoms with Gasteiger partial charge >= 0.3 is 0 Å². The van der Waals surface area contributed by atoms with Crippen molar-refractivity contribution in [2.45, 2.75) is 51.5 Å². The summed E-state index contributed by atoms with van der Waals surface area (Å²) in [6.45, 7) is 5.29. The number of piperidine rings is 3. The van der Waals surface area contributed by atoms with Crippen molar-refractivity contribution >= 4 is 10.9 Å². The minimum absolute atomic E-state index is 0.0383. The molecule has 0 spiro atoms. The van der Waals surface area contributed by atoms with Crippen molar-refractivity contribution in [2.75, 3.05) is 13.1 Å². The molecule has 4 aromatic rings. The normalized spacial score (nSPS) is 25.4. The third kappa shape index (κ3) is 4.63. The average molecular weight is 511 g/mol. The Balaban J connectivity index is 1.28. The molecule has 2 bridgehead atoms. The number of nitrogens with zero attached hydrogens (tertiary/aromatic N) is 3. The summed E-state index contributed by atoms with van der Waals surface area (Å²) in [5, 5.41) is 26.1. The lowest BCUT2D eigenvalue weighted by Crippen LogP contribution is -2.68. The minimum Gasteiger partial charge on any atom is -0.618 e. The van der Waals surface area contributed by atoms with Gasteiger partial charge < -0.3 is 19.5 Å². The number of benzene rings is 2. The van der Waals surface area contributed by atoms with Crippen molar-refractivity contribution in [3.63, 3.8) is 0 Å². The van der Waals surface area contributed by atoms with Crippen molar-refractivity contribution in [3.8, 4) is 5.75 Å². The van der Waals surface area contributed by atoms with Gasteiger partial charge in [-0.15, -0.1) is 0 Å². The van der Waals surface area contributed by atoms with Crippen LogP contribution in [0.4, 0.5) is 0 Å². The van der Waals surface area contributed by atoms with Crippen LogP contribution in [0.15, 0.2) is 85.2 Å². The highest BCUT2D eigenvalue weighted by atomic mass is 16.5. The highest BCUT2D eigenvalue weighted by Gasteiger charge is 2.55. The molecule has 0 unspecified atom stereocenters. The van der Waals surface area contributed by atoms with Crippen LogP contribution in [-0.4, -0.2) is 33.7 Å². The van der Waals surface area contributed by atoms with E-state index >= 15 is 0 Å². The highest BCUT2D eigenvalue weighted by Crippen LogP contribution is 2.48. The average Bonchev–Trinajstić information content (AvgIpc) is 2.97. The van der Waals surface area contributed by atoms with E-state index in [0.29, 0.717) is 30.7 Å². The summed E-state index contributed by atoms with van der Waals surface area (Å²) in [7, 11) is 0. The van der Waals surface area contributed by atoms with Gasteiger partial charge in [0.1, 0.15) is 18.8 Å². The van der Waals surface area contributed by atoms with E-state index in [2.05, 4.69) is 18.0 Å². The Morgan fingerprint density at radius 1 is 1.08 bits per heavy atom. The molecule has 38 heavy (non-hydrogen) atoms. The topological polar surface area (TPSA) is 69.3 Å². The van der Waals surface area contributed by atoms with E-state index in [4.69, 9.17) is 4.74 Å². The first-order valence-corrected chi connectivity index (χ1v) is 13.8. The zero-order valence-corrected chi connectivity index (χ0v) is 21.9. The van der Waals surface area contributed by atoms with Crippen LogP contribution in [0.1, 0.15) is 49.1 Å². The number of aromatic nitrogens is 2. The van der Waals surface area contributed by atoms with E-state index in [-0.39, 0.29) is 6.04 Å². The molecule has 3 aliphatic heterocycles. The first kappa shape index (κ1) is 24.8. The molecule has 0 radical (unpaired) electrons. The molecule has 0 aliphatic carbocycles. The number of para-hydroxylation sites is 1. The second-order valence-electron chi connectivity index (χ2n) is 11.1. The predicted molar refractivity (Wildman–Crippen MR) is 147 cm³/mol. The zero-order valence-electron chi connectivity index (χ0n) is 21.9. The first-order valence-electron chi connectivity index (χ1n) is 13.8. The van der Waals surface area contributed by atoms with Crippen LogP contribution in [0.3, 0.4) is 0 Å². The van der Waals surface area contributed by atoms with Gasteiger partial charge in [-0.1, -0.05) is 55.5 Å². The number of aliphatic hydroxyl groups is 1. The zero-order chi connectivity index (χ0) is 26.1. The van der Waals surface area contributed by atoms with Gasteiger partial charge in [0.25, 0.3) is 0 Å². The van der Waals surface area contributed by atoms with E-state index in [9.17, 15) is 10.3 Å². The lowest BCUT2D eigenvalue weighted by atomic mass is 9.70. The van der Waals surface area contributed by atoms with Gasteiger partial charge in [-0.2, -0.15) is 4.73 Å². The molecule has 0 saturated carbocycles. The number of fused-ring (bicyclic) bond motifs is 4. The van der Waals surface area contributed by atoms with Gasteiger partial charge in [-0.25, -0.2) is 0 Å². The second-order valence-corrected chi connectivity index (χ2v) is 11.1. The van der Waals surface area contributed by atoms with Gasteiger partial charge in [0, 0.05) is 36.4 Å². The molecule has 6 heteroatoms. The summed E-state index contributed by atoms with van der Waals surface area (Å²) in [6, 6.07) is 23.8. The first-order chi connectivity index (χ1) is 18.6. The Kier molecular flexibility index (Phi) is 6.76. The van der Waals surface area contributed by atoms with Crippen molar-refractivity contribution in [2.24, 2.45) is 11.8 Å². The summed E-state index contributed by atoms with van der Waals surface area (Å²) in [5.41, 5.74) is 3.64. The number of pyridine rings is 2. The molecule has 196 valence electrons. The maximum absolute atomic E-state index is 13.2. The van der Waals surface area contributed by atoms with Crippen molar-refractivity contribution in [3.05, 3.63) is 107 Å². The largest absolute Gasteiger partial charge is 0.618 e. The number of quaternary nitrogens is 1. The van der Waals surface area contributed by atoms with Crippen molar-refractivity contribution in [1.29, 1.82) is 0 Å². The molecule has 1 N–H and O–H groups in total. The Labute approximate surface area is 224 Å². The summed E-state index contributed by atoms with van der Waals surface area (Å²) in [6.07, 6.45) is 6.00. The number of ether oxygens (including phenoxy) is 1. The van der Waals surface area contributed by atoms with E-state index in [1.54, 1.807) is 12.4 Å². The second kappa shape index (κ2) is 10.4. The number of hydrogen-bond donors (Lipinski definition) is 1. The van der Waals surface area contributed by atoms with Crippen LogP contribution in [-0.2, 0) is 13.2 Å². The van der Waals surface area contributed by atoms with E-state index in [1.807, 2.05) is 66.7 Å². The minimum atomic E-state index is -0.614. The molecule has 6 nitrogen and oxygen atoms in total. The molecule has 5 heterocycles. The third-order valence-corrected chi connectivity index (χ3v) is 9.04. The smallest absolute Gasteiger partial charge is 0.248 e. The van der Waals surface area contributed by atoms with Gasteiger partial charge in [0.15, 0.2) is 12.3 Å². The summed E-state index contributed by atoms with van der Waals surface area (Å²) >= 11 is 0. The SMILES string of the molecule is CC[C@H]1C[N@+]2(Cc3ccc(OCc4ccccc4)c[n+]3[O-])CC[C@H]1C[C@H]2[C@H](O)c1ccnc2ccccc12. The molecular weight excluding hydrogens is 474 g/mol. The lowest BCUT2D eigenvalue weighted by molar-refractivity contribution is -0.990. The molecule has 7 rings (SSSR count). The molecule has 5 atom stereocenters. The highest BCUT2D eigenvalue weighted by molar-refractivity contribution is 5.82. The van der Waals surface area contributed by atoms with Crippen molar-refractivity contribution < 1.29 is 19.1 Å². The number of rotatable bonds is 8. The Hall–Kier alpha value is -3.48. The maximum Gasteiger partial charge on any atom is 0.248 e. The van der Waals surface area contributed by atoms with E-state index < -0.39 is 6.10 Å². The monoisotopic (exact) mass is 510 g/mol. The van der Waals surface area contributed by atoms with Gasteiger partial charge in [0.05, 0.1) is 18.6 Å². The Bertz CT molecular complexity index is 1410. The molecular formula is C32H36N3O3+. The Morgan fingerprint density at radius 2 is 1.89 bits per heavy atom. The quantitative estimate of drug-likeness (QED) is 0.198. The predicted octanol–water partition coefficient (Wildman–Crippen LogP) is 5.32. The number of aliphatic hydroxyl groups excluding tert-OH is 1. The molecule has 2 aromatic heterocycles. The fourth-order valence-electron chi connectivity index (χ4n) is 7.01. The standard InChI is InChI=1S/C32H36N3O3/c1-2-24-20-35(21-26-12-13-27(19-34(26)37)38-22-23-8-4-3-5-9-23)17-15-25(24)18-31(35)32(36)29-14-16-33-30-11-7-6-10-28(29)30/h3-14,16,19,24-25,31-32,36H,2,15,17-18,20-22H2,1H3/q+1/t24-,25-,31-,32+,35-/m0/s1. The maximum atomic E-state index is 13.2. The van der Waals surface area contributed by atoms with Crippen LogP contribution >= 0.6 is 0 Å². The van der Waals surface area contributed by atoms with Crippen LogP contribution in [0, 0.1) is 17.0 Å². The van der Waals surface area contributed by atoms with Gasteiger partial charge in [-0.3, -0.25) is 4.98 Å². The molecule has 3 fully saturated rings. The fourth-order valence-corrected chi connectivity index (χ4v) is 7.01. The van der Waals surface area contributed by atoms with E-state index in [0.717, 1.165) is 69.3 Å². The van der Waals surface area contributed by atoms with E-state index in [1.165, 1.54) is 0 Å². The van der Waals surface area contributed by atoms with Crippen LogP contribution in [0.5, 0.6) is 5.75 Å². The third-order valence-electron chi connectivity index (χ3n) is 9.04. The number of hydrogen-bond acceptors (Lipinski definition) is 4. The fraction of sp³-hybridized carbons (Fsp3) is 0.375. The summed E-state index contributed by atoms with van der Waals surface area (Å²) in [5.74, 6) is 1.81. The molecule has 2 aromatic carbocycles. The Morgan fingerprint density at radius 3 is 2.71 bits per heavy atom. The molecule has 0 amide bonds. The molecule has 3 saturated heterocycles. The van der Waals surface area contributed by atoms with Crippen LogP contribution < -0.4 is 9.47 Å². The summed E-state index contributed by atoms with van der Waals surface area (Å²) < 4.78 is 7.62. The van der Waals surface area contributed by atoms with Gasteiger partial charge in [0.2, 0.25) is 11.9 Å². The molecule has 3 aliphatic rings. The van der Waals surface area contributed by atoms with Crippen LogP contribution in [0.25, 0.3) is 10.9 Å². The van der Waals surface area contributed by atoms with Gasteiger partial charge in [-0.05, 0) is 41.7 Å². The van der Waals surface area contributed by atoms with Crippen molar-refractivity contribution in [1.82, 2.24) is 4.98 Å². The lowest BCUT2D eigenvalue weighted by Gasteiger charge is -2.58. The summed E-state index contributed by atoms with van der Waals surface area (Å²) in [4.78, 5) is 4.51. The van der Waals surface area contributed by atoms with Crippen LogP contribution in [0.2, 0.25) is 0 Å².